The van der Waals surface area contributed by atoms with Crippen LogP contribution < -0.4 is 10.6 Å². The predicted octanol–water partition coefficient (Wildman–Crippen LogP) is 4.46. The van der Waals surface area contributed by atoms with E-state index in [9.17, 15) is 9.59 Å². The maximum atomic E-state index is 12.5. The van der Waals surface area contributed by atoms with Gasteiger partial charge in [0, 0.05) is 29.7 Å². The van der Waals surface area contributed by atoms with E-state index in [0.29, 0.717) is 23.5 Å². The molecule has 2 aromatic carbocycles. The SMILES string of the molecule is CC(=O)c1cccc(NC(=O)c2cc(NCc3cccc(C)c3)ccn2)c1. The summed E-state index contributed by atoms with van der Waals surface area (Å²) >= 11 is 0. The van der Waals surface area contributed by atoms with E-state index in [1.165, 1.54) is 18.1 Å². The molecule has 0 unspecified atom stereocenters. The van der Waals surface area contributed by atoms with Gasteiger partial charge in [-0.25, -0.2) is 0 Å². The van der Waals surface area contributed by atoms with Gasteiger partial charge >= 0.3 is 0 Å². The van der Waals surface area contributed by atoms with Crippen molar-refractivity contribution in [3.05, 3.63) is 89.2 Å². The minimum absolute atomic E-state index is 0.0495. The number of carbonyl (C=O) groups is 2. The monoisotopic (exact) mass is 359 g/mol. The number of rotatable bonds is 6. The van der Waals surface area contributed by atoms with Gasteiger partial charge in [-0.3, -0.25) is 14.6 Å². The molecule has 0 spiro atoms. The normalized spacial score (nSPS) is 10.3. The van der Waals surface area contributed by atoms with Gasteiger partial charge in [0.15, 0.2) is 5.78 Å². The third-order valence-electron chi connectivity index (χ3n) is 4.10. The second-order valence-electron chi connectivity index (χ2n) is 6.36. The molecule has 0 aliphatic carbocycles. The highest BCUT2D eigenvalue weighted by Gasteiger charge is 2.10. The number of nitrogens with zero attached hydrogens (tertiary/aromatic N) is 1. The van der Waals surface area contributed by atoms with Gasteiger partial charge in [-0.1, -0.05) is 42.0 Å². The van der Waals surface area contributed by atoms with Gasteiger partial charge in [0.2, 0.25) is 0 Å². The number of carbonyl (C=O) groups excluding carboxylic acids is 2. The molecular formula is C22H21N3O2. The molecule has 1 heterocycles. The van der Waals surface area contributed by atoms with E-state index in [4.69, 9.17) is 0 Å². The number of benzene rings is 2. The van der Waals surface area contributed by atoms with Gasteiger partial charge in [0.1, 0.15) is 5.69 Å². The number of aromatic nitrogens is 1. The number of pyridine rings is 1. The number of amides is 1. The third kappa shape index (κ3) is 5.01. The molecule has 0 saturated heterocycles. The molecule has 0 fully saturated rings. The van der Waals surface area contributed by atoms with E-state index in [-0.39, 0.29) is 11.7 Å². The summed E-state index contributed by atoms with van der Waals surface area (Å²) in [5.74, 6) is -0.374. The molecule has 136 valence electrons. The molecule has 1 amide bonds. The molecular weight excluding hydrogens is 338 g/mol. The van der Waals surface area contributed by atoms with Crippen LogP contribution in [0.4, 0.5) is 11.4 Å². The van der Waals surface area contributed by atoms with Gasteiger partial charge in [0.05, 0.1) is 0 Å². The number of nitrogens with one attached hydrogen (secondary N) is 2. The smallest absolute Gasteiger partial charge is 0.274 e. The van der Waals surface area contributed by atoms with Crippen molar-refractivity contribution < 1.29 is 9.59 Å². The van der Waals surface area contributed by atoms with Crippen LogP contribution in [0.15, 0.2) is 66.9 Å². The van der Waals surface area contributed by atoms with Crippen LogP contribution >= 0.6 is 0 Å². The number of ketones is 1. The summed E-state index contributed by atoms with van der Waals surface area (Å²) in [5, 5.41) is 6.09. The molecule has 0 radical (unpaired) electrons. The van der Waals surface area contributed by atoms with Crippen molar-refractivity contribution in [2.45, 2.75) is 20.4 Å². The Kier molecular flexibility index (Phi) is 5.61. The molecule has 2 N–H and O–H groups in total. The van der Waals surface area contributed by atoms with Crippen molar-refractivity contribution in [2.24, 2.45) is 0 Å². The fourth-order valence-electron chi connectivity index (χ4n) is 2.70. The predicted molar refractivity (Wildman–Crippen MR) is 107 cm³/mol. The lowest BCUT2D eigenvalue weighted by Crippen LogP contribution is -2.14. The minimum atomic E-state index is -0.324. The van der Waals surface area contributed by atoms with Gasteiger partial charge in [-0.15, -0.1) is 0 Å². The first kappa shape index (κ1) is 18.3. The first-order valence-electron chi connectivity index (χ1n) is 8.69. The second-order valence-corrected chi connectivity index (χ2v) is 6.36. The topological polar surface area (TPSA) is 71.1 Å². The highest BCUT2D eigenvalue weighted by Crippen LogP contribution is 2.15. The molecule has 0 aliphatic heterocycles. The summed E-state index contributed by atoms with van der Waals surface area (Å²) in [5.41, 5.74) is 4.60. The van der Waals surface area contributed by atoms with Crippen molar-refractivity contribution in [1.82, 2.24) is 4.98 Å². The zero-order valence-electron chi connectivity index (χ0n) is 15.3. The zero-order valence-corrected chi connectivity index (χ0v) is 15.3. The van der Waals surface area contributed by atoms with Gasteiger partial charge in [0.25, 0.3) is 5.91 Å². The maximum absolute atomic E-state index is 12.5. The molecule has 27 heavy (non-hydrogen) atoms. The van der Waals surface area contributed by atoms with E-state index >= 15 is 0 Å². The van der Waals surface area contributed by atoms with Gasteiger partial charge < -0.3 is 10.6 Å². The lowest BCUT2D eigenvalue weighted by atomic mass is 10.1. The molecule has 0 bridgehead atoms. The zero-order chi connectivity index (χ0) is 19.2. The molecule has 0 atom stereocenters. The fraction of sp³-hybridized carbons (Fsp3) is 0.136. The molecule has 0 aliphatic rings. The Balaban J connectivity index is 1.68. The number of anilines is 2. The Bertz CT molecular complexity index is 983. The van der Waals surface area contributed by atoms with Gasteiger partial charge in [-0.05, 0) is 43.7 Å². The first-order chi connectivity index (χ1) is 13.0. The Morgan fingerprint density at radius 1 is 0.963 bits per heavy atom. The van der Waals surface area contributed by atoms with Crippen LogP contribution in [-0.4, -0.2) is 16.7 Å². The number of hydrogen-bond donors (Lipinski definition) is 2. The highest BCUT2D eigenvalue weighted by atomic mass is 16.2. The number of hydrogen-bond acceptors (Lipinski definition) is 4. The number of aryl methyl sites for hydroxylation is 1. The molecule has 3 rings (SSSR count). The highest BCUT2D eigenvalue weighted by molar-refractivity contribution is 6.04. The quantitative estimate of drug-likeness (QED) is 0.638. The largest absolute Gasteiger partial charge is 0.381 e. The van der Waals surface area contributed by atoms with E-state index in [1.807, 2.05) is 12.1 Å². The maximum Gasteiger partial charge on any atom is 0.274 e. The van der Waals surface area contributed by atoms with Crippen LogP contribution in [0, 0.1) is 6.92 Å². The van der Waals surface area contributed by atoms with Crippen molar-refractivity contribution in [3.63, 3.8) is 0 Å². The van der Waals surface area contributed by atoms with Crippen LogP contribution in [0.5, 0.6) is 0 Å². The van der Waals surface area contributed by atoms with Crippen LogP contribution in [0.1, 0.15) is 38.9 Å². The van der Waals surface area contributed by atoms with E-state index in [0.717, 1.165) is 5.69 Å². The van der Waals surface area contributed by atoms with E-state index in [1.54, 1.807) is 36.5 Å². The summed E-state index contributed by atoms with van der Waals surface area (Å²) in [6, 6.07) is 18.6. The summed E-state index contributed by atoms with van der Waals surface area (Å²) in [6.45, 7) is 4.21. The first-order valence-corrected chi connectivity index (χ1v) is 8.69. The molecule has 5 nitrogen and oxygen atoms in total. The molecule has 1 aromatic heterocycles. The molecule has 5 heteroatoms. The molecule has 3 aromatic rings. The Morgan fingerprint density at radius 2 is 1.78 bits per heavy atom. The second kappa shape index (κ2) is 8.27. The van der Waals surface area contributed by atoms with Crippen molar-refractivity contribution >= 4 is 23.1 Å². The minimum Gasteiger partial charge on any atom is -0.381 e. The van der Waals surface area contributed by atoms with Crippen molar-refractivity contribution in [2.75, 3.05) is 10.6 Å². The fourth-order valence-corrected chi connectivity index (χ4v) is 2.70. The standard InChI is InChI=1S/C22H21N3O2/c1-15-5-3-6-17(11-15)14-24-19-9-10-23-21(13-19)22(27)25-20-8-4-7-18(12-20)16(2)26/h3-13H,14H2,1-2H3,(H,23,24)(H,25,27). The third-order valence-corrected chi connectivity index (χ3v) is 4.10. The number of Topliss-reactive ketones (excluding diaryl/α,β-unsaturated/α-hetero) is 1. The van der Waals surface area contributed by atoms with E-state index < -0.39 is 0 Å². The molecule has 0 saturated carbocycles. The Morgan fingerprint density at radius 3 is 2.56 bits per heavy atom. The van der Waals surface area contributed by atoms with Crippen molar-refractivity contribution in [1.29, 1.82) is 0 Å². The summed E-state index contributed by atoms with van der Waals surface area (Å²) < 4.78 is 0. The lowest BCUT2D eigenvalue weighted by molar-refractivity contribution is 0.100. The van der Waals surface area contributed by atoms with Crippen LogP contribution in [0.3, 0.4) is 0 Å². The van der Waals surface area contributed by atoms with Crippen LogP contribution in [0.25, 0.3) is 0 Å². The van der Waals surface area contributed by atoms with Crippen LogP contribution in [-0.2, 0) is 6.54 Å². The average molecular weight is 359 g/mol. The Hall–Kier alpha value is -3.47. The lowest BCUT2D eigenvalue weighted by Gasteiger charge is -2.09. The van der Waals surface area contributed by atoms with Crippen LogP contribution in [0.2, 0.25) is 0 Å². The summed E-state index contributed by atoms with van der Waals surface area (Å²) in [6.07, 6.45) is 1.60. The van der Waals surface area contributed by atoms with Gasteiger partial charge in [-0.2, -0.15) is 0 Å². The average Bonchev–Trinajstić information content (AvgIpc) is 2.67. The summed E-state index contributed by atoms with van der Waals surface area (Å²) in [7, 11) is 0. The summed E-state index contributed by atoms with van der Waals surface area (Å²) in [4.78, 5) is 28.1. The van der Waals surface area contributed by atoms with Crippen molar-refractivity contribution in [3.8, 4) is 0 Å². The van der Waals surface area contributed by atoms with E-state index in [2.05, 4.69) is 40.7 Å². The Labute approximate surface area is 158 Å².